The maximum atomic E-state index is 12.3. The largest absolute Gasteiger partial charge is 0.454 e. The summed E-state index contributed by atoms with van der Waals surface area (Å²) in [6.45, 7) is 3.39. The minimum atomic E-state index is -0.629. The standard InChI is InChI=1S/C13H15NO5/c1-8(2)10(6-14(16)17)13(15)9-3-4-11-12(5-9)19-7-18-11/h3-5,8,10H,6-7H2,1-2H3/t10-/m1/s1. The second kappa shape index (κ2) is 5.26. The fourth-order valence-corrected chi connectivity index (χ4v) is 2.02. The zero-order chi connectivity index (χ0) is 14.0. The van der Waals surface area contributed by atoms with Crippen molar-refractivity contribution < 1.29 is 19.2 Å². The van der Waals surface area contributed by atoms with Crippen LogP contribution < -0.4 is 9.47 Å². The molecule has 1 heterocycles. The third-order valence-corrected chi connectivity index (χ3v) is 3.14. The molecule has 1 aromatic carbocycles. The fraction of sp³-hybridized carbons (Fsp3) is 0.462. The molecule has 0 spiro atoms. The van der Waals surface area contributed by atoms with Gasteiger partial charge in [-0.15, -0.1) is 0 Å². The van der Waals surface area contributed by atoms with Gasteiger partial charge in [0.05, 0.1) is 5.92 Å². The van der Waals surface area contributed by atoms with Crippen LogP contribution in [0.3, 0.4) is 0 Å². The number of ketones is 1. The van der Waals surface area contributed by atoms with Crippen LogP contribution >= 0.6 is 0 Å². The quantitative estimate of drug-likeness (QED) is 0.463. The third-order valence-electron chi connectivity index (χ3n) is 3.14. The Morgan fingerprint density at radius 2 is 2.05 bits per heavy atom. The Morgan fingerprint density at radius 1 is 1.37 bits per heavy atom. The van der Waals surface area contributed by atoms with Crippen LogP contribution in [0.4, 0.5) is 0 Å². The van der Waals surface area contributed by atoms with E-state index in [1.807, 2.05) is 0 Å². The molecule has 0 aromatic heterocycles. The highest BCUT2D eigenvalue weighted by atomic mass is 16.7. The lowest BCUT2D eigenvalue weighted by atomic mass is 9.88. The molecule has 1 aliphatic heterocycles. The highest BCUT2D eigenvalue weighted by Crippen LogP contribution is 2.33. The lowest BCUT2D eigenvalue weighted by Gasteiger charge is -2.15. The average molecular weight is 265 g/mol. The second-order valence-corrected chi connectivity index (χ2v) is 4.80. The Kier molecular flexibility index (Phi) is 3.69. The predicted octanol–water partition coefficient (Wildman–Crippen LogP) is 2.15. The first kappa shape index (κ1) is 13.3. The molecule has 0 unspecified atom stereocenters. The lowest BCUT2D eigenvalue weighted by molar-refractivity contribution is -0.486. The molecule has 0 fully saturated rings. The number of hydrogen-bond donors (Lipinski definition) is 0. The van der Waals surface area contributed by atoms with Gasteiger partial charge in [0, 0.05) is 10.5 Å². The summed E-state index contributed by atoms with van der Waals surface area (Å²) >= 11 is 0. The smallest absolute Gasteiger partial charge is 0.231 e. The van der Waals surface area contributed by atoms with Gasteiger partial charge < -0.3 is 9.47 Å². The molecule has 0 bridgehead atoms. The molecule has 0 saturated heterocycles. The van der Waals surface area contributed by atoms with Gasteiger partial charge in [-0.05, 0) is 24.1 Å². The SMILES string of the molecule is CC(C)[C@@H](C[N+](=O)[O-])C(=O)c1ccc2c(c1)OCO2. The van der Waals surface area contributed by atoms with Crippen molar-refractivity contribution in [2.24, 2.45) is 11.8 Å². The van der Waals surface area contributed by atoms with E-state index >= 15 is 0 Å². The van der Waals surface area contributed by atoms with Crippen molar-refractivity contribution in [2.45, 2.75) is 13.8 Å². The molecule has 0 amide bonds. The Balaban J connectivity index is 2.24. The van der Waals surface area contributed by atoms with Crippen LogP contribution in [-0.4, -0.2) is 24.0 Å². The summed E-state index contributed by atoms with van der Waals surface area (Å²) in [7, 11) is 0. The number of hydrogen-bond acceptors (Lipinski definition) is 5. The Labute approximate surface area is 110 Å². The summed E-state index contributed by atoms with van der Waals surface area (Å²) in [4.78, 5) is 22.5. The molecule has 19 heavy (non-hydrogen) atoms. The predicted molar refractivity (Wildman–Crippen MR) is 67.1 cm³/mol. The van der Waals surface area contributed by atoms with Gasteiger partial charge in [0.25, 0.3) is 0 Å². The lowest BCUT2D eigenvalue weighted by Crippen LogP contribution is -2.28. The number of Topliss-reactive ketones (excluding diaryl/α,β-unsaturated/α-hetero) is 1. The van der Waals surface area contributed by atoms with Crippen LogP contribution in [0, 0.1) is 22.0 Å². The summed E-state index contributed by atoms with van der Waals surface area (Å²) in [5, 5.41) is 10.6. The molecule has 6 nitrogen and oxygen atoms in total. The zero-order valence-corrected chi connectivity index (χ0v) is 10.8. The van der Waals surface area contributed by atoms with E-state index in [4.69, 9.17) is 9.47 Å². The van der Waals surface area contributed by atoms with Crippen molar-refractivity contribution in [1.82, 2.24) is 0 Å². The molecule has 1 atom stereocenters. The molecule has 2 rings (SSSR count). The summed E-state index contributed by atoms with van der Waals surface area (Å²) in [6, 6.07) is 4.85. The van der Waals surface area contributed by atoms with E-state index in [-0.39, 0.29) is 25.0 Å². The maximum Gasteiger partial charge on any atom is 0.231 e. The van der Waals surface area contributed by atoms with Gasteiger partial charge in [0.15, 0.2) is 17.3 Å². The first-order valence-corrected chi connectivity index (χ1v) is 6.04. The van der Waals surface area contributed by atoms with Crippen LogP contribution in [0.5, 0.6) is 11.5 Å². The Morgan fingerprint density at radius 3 is 2.68 bits per heavy atom. The van der Waals surface area contributed by atoms with Crippen molar-refractivity contribution in [3.8, 4) is 11.5 Å². The van der Waals surface area contributed by atoms with E-state index in [9.17, 15) is 14.9 Å². The molecule has 0 saturated carbocycles. The van der Waals surface area contributed by atoms with Gasteiger partial charge in [-0.3, -0.25) is 14.9 Å². The molecule has 0 radical (unpaired) electrons. The van der Waals surface area contributed by atoms with Crippen LogP contribution in [0.1, 0.15) is 24.2 Å². The minimum absolute atomic E-state index is 0.0941. The van der Waals surface area contributed by atoms with Gasteiger partial charge >= 0.3 is 0 Å². The van der Waals surface area contributed by atoms with E-state index in [0.29, 0.717) is 17.1 Å². The molecule has 6 heteroatoms. The molecule has 102 valence electrons. The molecule has 1 aliphatic rings. The van der Waals surface area contributed by atoms with E-state index in [0.717, 1.165) is 0 Å². The highest BCUT2D eigenvalue weighted by molar-refractivity contribution is 5.98. The Hall–Kier alpha value is -2.11. The van der Waals surface area contributed by atoms with Crippen molar-refractivity contribution >= 4 is 5.78 Å². The molecule has 0 aliphatic carbocycles. The Bertz CT molecular complexity index is 512. The van der Waals surface area contributed by atoms with Crippen molar-refractivity contribution in [3.05, 3.63) is 33.9 Å². The van der Waals surface area contributed by atoms with Crippen LogP contribution in [0.2, 0.25) is 0 Å². The van der Waals surface area contributed by atoms with Crippen molar-refractivity contribution in [3.63, 3.8) is 0 Å². The topological polar surface area (TPSA) is 78.7 Å². The van der Waals surface area contributed by atoms with Gasteiger partial charge in [0.1, 0.15) is 0 Å². The number of benzene rings is 1. The zero-order valence-electron chi connectivity index (χ0n) is 10.8. The number of fused-ring (bicyclic) bond motifs is 1. The van der Waals surface area contributed by atoms with Crippen LogP contribution in [-0.2, 0) is 0 Å². The molecular formula is C13H15NO5. The number of carbonyl (C=O) groups excluding carboxylic acids is 1. The summed E-state index contributed by atoms with van der Waals surface area (Å²) in [5.41, 5.74) is 0.421. The normalized spacial score (nSPS) is 14.5. The van der Waals surface area contributed by atoms with E-state index in [1.165, 1.54) is 0 Å². The molecular weight excluding hydrogens is 250 g/mol. The van der Waals surface area contributed by atoms with E-state index < -0.39 is 10.8 Å². The maximum absolute atomic E-state index is 12.3. The number of ether oxygens (including phenoxy) is 2. The first-order valence-electron chi connectivity index (χ1n) is 6.04. The van der Waals surface area contributed by atoms with E-state index in [1.54, 1.807) is 32.0 Å². The monoisotopic (exact) mass is 265 g/mol. The summed E-state index contributed by atoms with van der Waals surface area (Å²) in [6.07, 6.45) is 0. The van der Waals surface area contributed by atoms with Crippen LogP contribution in [0.25, 0.3) is 0 Å². The summed E-state index contributed by atoms with van der Waals surface area (Å²) in [5.74, 6) is 0.144. The van der Waals surface area contributed by atoms with Gasteiger partial charge in [-0.1, -0.05) is 13.8 Å². The summed E-state index contributed by atoms with van der Waals surface area (Å²) < 4.78 is 10.4. The van der Waals surface area contributed by atoms with Crippen molar-refractivity contribution in [1.29, 1.82) is 0 Å². The van der Waals surface area contributed by atoms with Crippen LogP contribution in [0.15, 0.2) is 18.2 Å². The second-order valence-electron chi connectivity index (χ2n) is 4.80. The minimum Gasteiger partial charge on any atom is -0.454 e. The number of nitrogens with zero attached hydrogens (tertiary/aromatic N) is 1. The average Bonchev–Trinajstić information content (AvgIpc) is 2.81. The van der Waals surface area contributed by atoms with Gasteiger partial charge in [-0.25, -0.2) is 0 Å². The van der Waals surface area contributed by atoms with Gasteiger partial charge in [0.2, 0.25) is 13.3 Å². The van der Waals surface area contributed by atoms with E-state index in [2.05, 4.69) is 0 Å². The highest BCUT2D eigenvalue weighted by Gasteiger charge is 2.29. The van der Waals surface area contributed by atoms with Gasteiger partial charge in [-0.2, -0.15) is 0 Å². The number of carbonyl (C=O) groups is 1. The number of rotatable bonds is 5. The number of nitro groups is 1. The molecule has 0 N–H and O–H groups in total. The van der Waals surface area contributed by atoms with Crippen molar-refractivity contribution in [2.75, 3.05) is 13.3 Å². The first-order chi connectivity index (χ1) is 8.99. The third kappa shape index (κ3) is 2.83. The molecule has 1 aromatic rings. The fourth-order valence-electron chi connectivity index (χ4n) is 2.02.